The van der Waals surface area contributed by atoms with E-state index in [0.29, 0.717) is 24.5 Å². The predicted molar refractivity (Wildman–Crippen MR) is 130 cm³/mol. The van der Waals surface area contributed by atoms with E-state index >= 15 is 0 Å². The Bertz CT molecular complexity index is 913. The number of carbonyl (C=O) groups is 2. The smallest absolute Gasteiger partial charge is 0.245 e. The van der Waals surface area contributed by atoms with Crippen molar-refractivity contribution in [2.75, 3.05) is 26.7 Å². The molecule has 5 fully saturated rings. The SMILES string of the molecule is CN(C[C@H]1CCO1)[C@H]1CCCC(=O)N2[C@H](CC[C@H]2C(=O)N2C[C@H](c3ccccc3)CC23CC3)C1. The van der Waals surface area contributed by atoms with Crippen molar-refractivity contribution in [3.05, 3.63) is 35.9 Å². The first-order chi connectivity index (χ1) is 16.5. The van der Waals surface area contributed by atoms with Gasteiger partial charge in [-0.05, 0) is 70.4 Å². The quantitative estimate of drug-likeness (QED) is 0.667. The molecule has 34 heavy (non-hydrogen) atoms. The third-order valence-corrected chi connectivity index (χ3v) is 9.42. The normalized spacial score (nSPS) is 34.6. The Morgan fingerprint density at radius 2 is 1.94 bits per heavy atom. The Labute approximate surface area is 203 Å². The summed E-state index contributed by atoms with van der Waals surface area (Å²) in [5, 5.41) is 0. The molecule has 2 amide bonds. The highest BCUT2D eigenvalue weighted by atomic mass is 16.5. The van der Waals surface area contributed by atoms with Crippen LogP contribution in [0, 0.1) is 0 Å². The van der Waals surface area contributed by atoms with Gasteiger partial charge in [-0.15, -0.1) is 0 Å². The number of likely N-dealkylation sites (tertiary alicyclic amines) is 1. The van der Waals surface area contributed by atoms with E-state index in [0.717, 1.165) is 77.5 Å². The fourth-order valence-corrected chi connectivity index (χ4v) is 7.20. The summed E-state index contributed by atoms with van der Waals surface area (Å²) in [5.74, 6) is 0.840. The van der Waals surface area contributed by atoms with Gasteiger partial charge in [0.15, 0.2) is 0 Å². The number of hydrogen-bond donors (Lipinski definition) is 0. The zero-order chi connectivity index (χ0) is 23.3. The van der Waals surface area contributed by atoms with Gasteiger partial charge in [-0.3, -0.25) is 9.59 Å². The Kier molecular flexibility index (Phi) is 5.93. The van der Waals surface area contributed by atoms with Crippen LogP contribution in [0.1, 0.15) is 75.7 Å². The van der Waals surface area contributed by atoms with E-state index < -0.39 is 0 Å². The van der Waals surface area contributed by atoms with Crippen molar-refractivity contribution in [2.24, 2.45) is 0 Å². The molecule has 1 aliphatic carbocycles. The van der Waals surface area contributed by atoms with Gasteiger partial charge in [0, 0.05) is 49.7 Å². The predicted octanol–water partition coefficient (Wildman–Crippen LogP) is 3.56. The second-order valence-electron chi connectivity index (χ2n) is 11.5. The Morgan fingerprint density at radius 1 is 1.15 bits per heavy atom. The van der Waals surface area contributed by atoms with E-state index in [9.17, 15) is 9.59 Å². The number of nitrogens with zero attached hydrogens (tertiary/aromatic N) is 3. The Balaban J connectivity index is 1.16. The molecule has 184 valence electrons. The first-order valence-corrected chi connectivity index (χ1v) is 13.5. The highest BCUT2D eigenvalue weighted by molar-refractivity contribution is 5.89. The zero-order valence-electron chi connectivity index (χ0n) is 20.5. The number of fused-ring (bicyclic) bond motifs is 1. The van der Waals surface area contributed by atoms with E-state index in [4.69, 9.17) is 4.74 Å². The summed E-state index contributed by atoms with van der Waals surface area (Å²) in [6, 6.07) is 11.1. The molecule has 6 heteroatoms. The van der Waals surface area contributed by atoms with Crippen LogP contribution in [0.5, 0.6) is 0 Å². The Hall–Kier alpha value is -1.92. The maximum Gasteiger partial charge on any atom is 0.245 e. The van der Waals surface area contributed by atoms with Crippen LogP contribution in [0.3, 0.4) is 0 Å². The molecule has 0 N–H and O–H groups in total. The fraction of sp³-hybridized carbons (Fsp3) is 0.714. The van der Waals surface area contributed by atoms with Crippen molar-refractivity contribution in [2.45, 2.75) is 99.9 Å². The molecule has 1 spiro atoms. The number of benzene rings is 1. The Morgan fingerprint density at radius 3 is 2.65 bits per heavy atom. The van der Waals surface area contributed by atoms with Crippen LogP contribution in [0.2, 0.25) is 0 Å². The van der Waals surface area contributed by atoms with Crippen LogP contribution in [0.4, 0.5) is 0 Å². The number of rotatable bonds is 5. The molecule has 1 aromatic rings. The monoisotopic (exact) mass is 465 g/mol. The first-order valence-electron chi connectivity index (χ1n) is 13.5. The molecule has 0 radical (unpaired) electrons. The van der Waals surface area contributed by atoms with E-state index in [-0.39, 0.29) is 29.4 Å². The topological polar surface area (TPSA) is 53.1 Å². The lowest BCUT2D eigenvalue weighted by molar-refractivity contribution is -0.147. The third kappa shape index (κ3) is 4.07. The molecule has 6 nitrogen and oxygen atoms in total. The second kappa shape index (κ2) is 8.94. The molecule has 5 atom stereocenters. The molecule has 4 heterocycles. The molecule has 5 aliphatic rings. The van der Waals surface area contributed by atoms with Gasteiger partial charge >= 0.3 is 0 Å². The summed E-state index contributed by atoms with van der Waals surface area (Å²) in [5.41, 5.74) is 1.39. The minimum atomic E-state index is -0.261. The number of hydrogen-bond acceptors (Lipinski definition) is 4. The summed E-state index contributed by atoms with van der Waals surface area (Å²) in [7, 11) is 2.21. The van der Waals surface area contributed by atoms with E-state index in [2.05, 4.69) is 47.2 Å². The fourth-order valence-electron chi connectivity index (χ4n) is 7.20. The first kappa shape index (κ1) is 22.5. The molecule has 4 aliphatic heterocycles. The van der Waals surface area contributed by atoms with Crippen molar-refractivity contribution in [1.82, 2.24) is 14.7 Å². The van der Waals surface area contributed by atoms with Crippen molar-refractivity contribution in [3.63, 3.8) is 0 Å². The van der Waals surface area contributed by atoms with Crippen LogP contribution in [0.15, 0.2) is 30.3 Å². The molecule has 4 saturated heterocycles. The van der Waals surface area contributed by atoms with Gasteiger partial charge < -0.3 is 19.4 Å². The molecule has 0 aromatic heterocycles. The largest absolute Gasteiger partial charge is 0.377 e. The van der Waals surface area contributed by atoms with Crippen LogP contribution in [0.25, 0.3) is 0 Å². The molecule has 1 saturated carbocycles. The summed E-state index contributed by atoms with van der Waals surface area (Å²) in [6.07, 6.45) is 10.1. The molecule has 0 bridgehead atoms. The summed E-state index contributed by atoms with van der Waals surface area (Å²) in [4.78, 5) is 34.0. The molecular formula is C28H39N3O3. The number of amides is 2. The van der Waals surface area contributed by atoms with Crippen molar-refractivity contribution in [1.29, 1.82) is 0 Å². The third-order valence-electron chi connectivity index (χ3n) is 9.42. The number of ether oxygens (including phenoxy) is 1. The number of carbonyl (C=O) groups excluding carboxylic acids is 2. The van der Waals surface area contributed by atoms with Crippen LogP contribution < -0.4 is 0 Å². The molecular weight excluding hydrogens is 426 g/mol. The highest BCUT2D eigenvalue weighted by Crippen LogP contribution is 2.54. The minimum absolute atomic E-state index is 0.0486. The van der Waals surface area contributed by atoms with Crippen molar-refractivity contribution in [3.8, 4) is 0 Å². The lowest BCUT2D eigenvalue weighted by atomic mass is 9.95. The molecule has 0 unspecified atom stereocenters. The minimum Gasteiger partial charge on any atom is -0.377 e. The average molecular weight is 466 g/mol. The maximum absolute atomic E-state index is 14.0. The zero-order valence-corrected chi connectivity index (χ0v) is 20.5. The standard InChI is InChI=1S/C28H39N3O3/c1-29(19-24-12-15-34-24)22-8-5-9-26(32)31-23(16-22)10-11-25(31)27(33)30-18-21(17-28(30)13-14-28)20-6-3-2-4-7-20/h2-4,6-7,21-25H,5,8-19H2,1H3/t21-,22+,23-,24-,25+/m1/s1. The average Bonchev–Trinajstić information content (AvgIpc) is 3.30. The summed E-state index contributed by atoms with van der Waals surface area (Å²) in [6.45, 7) is 2.67. The maximum atomic E-state index is 14.0. The van der Waals surface area contributed by atoms with Crippen molar-refractivity contribution < 1.29 is 14.3 Å². The van der Waals surface area contributed by atoms with Gasteiger partial charge in [0.1, 0.15) is 6.04 Å². The highest BCUT2D eigenvalue weighted by Gasteiger charge is 2.58. The number of likely N-dealkylation sites (N-methyl/N-ethyl adjacent to an activating group) is 1. The van der Waals surface area contributed by atoms with Gasteiger partial charge in [-0.1, -0.05) is 30.3 Å². The lowest BCUT2D eigenvalue weighted by Crippen LogP contribution is -2.54. The van der Waals surface area contributed by atoms with E-state index in [1.54, 1.807) is 0 Å². The summed E-state index contributed by atoms with van der Waals surface area (Å²) >= 11 is 0. The van der Waals surface area contributed by atoms with Crippen LogP contribution in [-0.4, -0.2) is 83.0 Å². The molecule has 1 aromatic carbocycles. The van der Waals surface area contributed by atoms with Gasteiger partial charge in [0.25, 0.3) is 0 Å². The van der Waals surface area contributed by atoms with Crippen LogP contribution in [-0.2, 0) is 14.3 Å². The lowest BCUT2D eigenvalue weighted by Gasteiger charge is -2.40. The van der Waals surface area contributed by atoms with E-state index in [1.807, 2.05) is 4.90 Å². The van der Waals surface area contributed by atoms with Crippen molar-refractivity contribution >= 4 is 11.8 Å². The van der Waals surface area contributed by atoms with Gasteiger partial charge in [0.2, 0.25) is 11.8 Å². The summed E-state index contributed by atoms with van der Waals surface area (Å²) < 4.78 is 5.67. The van der Waals surface area contributed by atoms with Gasteiger partial charge in [0.05, 0.1) is 6.10 Å². The van der Waals surface area contributed by atoms with Crippen LogP contribution >= 0.6 is 0 Å². The van der Waals surface area contributed by atoms with Gasteiger partial charge in [-0.25, -0.2) is 0 Å². The second-order valence-corrected chi connectivity index (χ2v) is 11.5. The van der Waals surface area contributed by atoms with Gasteiger partial charge in [-0.2, -0.15) is 0 Å². The molecule has 6 rings (SSSR count). The van der Waals surface area contributed by atoms with E-state index in [1.165, 1.54) is 5.56 Å².